The van der Waals surface area contributed by atoms with Gasteiger partial charge in [-0.2, -0.15) is 0 Å². The molecule has 0 fully saturated rings. The van der Waals surface area contributed by atoms with Crippen LogP contribution in [0.3, 0.4) is 0 Å². The third kappa shape index (κ3) is 4.12. The van der Waals surface area contributed by atoms with E-state index in [1.807, 2.05) is 0 Å². The van der Waals surface area contributed by atoms with Gasteiger partial charge in [-0.3, -0.25) is 4.79 Å². The van der Waals surface area contributed by atoms with Gasteiger partial charge in [-0.05, 0) is 48.9 Å². The quantitative estimate of drug-likeness (QED) is 0.623. The summed E-state index contributed by atoms with van der Waals surface area (Å²) in [6, 6.07) is 14.2. The fourth-order valence-corrected chi connectivity index (χ4v) is 2.91. The van der Waals surface area contributed by atoms with E-state index >= 15 is 0 Å². The molecule has 2 aromatic carbocycles. The monoisotopic (exact) mass is 411 g/mol. The number of ether oxygens (including phenoxy) is 3. The molecule has 154 valence electrons. The van der Waals surface area contributed by atoms with E-state index in [1.54, 1.807) is 30.3 Å². The molecule has 3 aromatic rings. The first-order valence-electron chi connectivity index (χ1n) is 9.23. The van der Waals surface area contributed by atoms with Crippen molar-refractivity contribution in [1.82, 2.24) is 5.32 Å². The summed E-state index contributed by atoms with van der Waals surface area (Å²) in [4.78, 5) is 24.5. The number of hydrogen-bond donors (Lipinski definition) is 1. The number of furan rings is 1. The maximum atomic E-state index is 13.9. The minimum Gasteiger partial charge on any atom is -0.454 e. The Morgan fingerprint density at radius 1 is 1.10 bits per heavy atom. The molecule has 30 heavy (non-hydrogen) atoms. The van der Waals surface area contributed by atoms with Crippen molar-refractivity contribution in [2.24, 2.45) is 0 Å². The van der Waals surface area contributed by atoms with Gasteiger partial charge in [0.2, 0.25) is 12.6 Å². The lowest BCUT2D eigenvalue weighted by Crippen LogP contribution is -2.35. The number of rotatable bonds is 6. The molecule has 1 N–H and O–H groups in total. The summed E-state index contributed by atoms with van der Waals surface area (Å²) in [5.74, 6) is -0.415. The van der Waals surface area contributed by atoms with Gasteiger partial charge in [-0.25, -0.2) is 9.18 Å². The predicted octanol–water partition coefficient (Wildman–Crippen LogP) is 3.68. The summed E-state index contributed by atoms with van der Waals surface area (Å²) in [6.07, 6.45) is -1.05. The standard InChI is InChI=1S/C22H18FNO6/c1-13(21(25)24-11-14-6-7-18-20(10-14)28-12-27-18)29-22(26)19-9-8-17(30-19)15-4-2-3-5-16(15)23/h2-10,13H,11-12H2,1H3,(H,24,25). The fraction of sp³-hybridized carbons (Fsp3) is 0.182. The zero-order valence-electron chi connectivity index (χ0n) is 16.0. The first-order chi connectivity index (χ1) is 14.5. The molecule has 7 nitrogen and oxygen atoms in total. The van der Waals surface area contributed by atoms with Crippen LogP contribution in [0.25, 0.3) is 11.3 Å². The predicted molar refractivity (Wildman–Crippen MR) is 103 cm³/mol. The fourth-order valence-electron chi connectivity index (χ4n) is 2.91. The molecule has 0 aliphatic carbocycles. The lowest BCUT2D eigenvalue weighted by molar-refractivity contribution is -0.129. The topological polar surface area (TPSA) is 87.0 Å². The molecule has 0 saturated carbocycles. The van der Waals surface area contributed by atoms with E-state index in [-0.39, 0.29) is 30.4 Å². The summed E-state index contributed by atoms with van der Waals surface area (Å²) in [5.41, 5.74) is 1.04. The first-order valence-corrected chi connectivity index (χ1v) is 9.23. The summed E-state index contributed by atoms with van der Waals surface area (Å²) in [5, 5.41) is 2.69. The zero-order chi connectivity index (χ0) is 21.1. The van der Waals surface area contributed by atoms with Gasteiger partial charge < -0.3 is 23.9 Å². The van der Waals surface area contributed by atoms with Gasteiger partial charge in [0.25, 0.3) is 5.91 Å². The number of carbonyl (C=O) groups excluding carboxylic acids is 2. The van der Waals surface area contributed by atoms with Crippen LogP contribution in [0.5, 0.6) is 11.5 Å². The molecule has 1 amide bonds. The zero-order valence-corrected chi connectivity index (χ0v) is 16.0. The Morgan fingerprint density at radius 2 is 1.90 bits per heavy atom. The maximum Gasteiger partial charge on any atom is 0.375 e. The summed E-state index contributed by atoms with van der Waals surface area (Å²) >= 11 is 0. The van der Waals surface area contributed by atoms with Crippen molar-refractivity contribution in [2.75, 3.05) is 6.79 Å². The Morgan fingerprint density at radius 3 is 2.73 bits per heavy atom. The smallest absolute Gasteiger partial charge is 0.375 e. The van der Waals surface area contributed by atoms with Crippen molar-refractivity contribution < 1.29 is 32.6 Å². The van der Waals surface area contributed by atoms with E-state index in [9.17, 15) is 14.0 Å². The molecule has 0 radical (unpaired) electrons. The summed E-state index contributed by atoms with van der Waals surface area (Å²) in [7, 11) is 0. The van der Waals surface area contributed by atoms with Crippen molar-refractivity contribution >= 4 is 11.9 Å². The second-order valence-corrected chi connectivity index (χ2v) is 6.60. The van der Waals surface area contributed by atoms with Crippen LogP contribution in [0.4, 0.5) is 4.39 Å². The third-order valence-electron chi connectivity index (χ3n) is 4.50. The number of hydrogen-bond acceptors (Lipinski definition) is 6. The van der Waals surface area contributed by atoms with E-state index in [1.165, 1.54) is 31.2 Å². The van der Waals surface area contributed by atoms with Crippen LogP contribution in [0.2, 0.25) is 0 Å². The summed E-state index contributed by atoms with van der Waals surface area (Å²) < 4.78 is 34.9. The lowest BCUT2D eigenvalue weighted by atomic mass is 10.1. The molecule has 2 heterocycles. The van der Waals surface area contributed by atoms with Crippen LogP contribution < -0.4 is 14.8 Å². The van der Waals surface area contributed by atoms with Crippen LogP contribution in [0, 0.1) is 5.82 Å². The average Bonchev–Trinajstić information content (AvgIpc) is 3.41. The molecule has 1 aliphatic heterocycles. The first kappa shape index (κ1) is 19.5. The molecule has 8 heteroatoms. The lowest BCUT2D eigenvalue weighted by Gasteiger charge is -2.13. The Balaban J connectivity index is 1.33. The maximum absolute atomic E-state index is 13.9. The van der Waals surface area contributed by atoms with Gasteiger partial charge in [0.1, 0.15) is 11.6 Å². The van der Waals surface area contributed by atoms with Crippen molar-refractivity contribution in [1.29, 1.82) is 0 Å². The van der Waals surface area contributed by atoms with Crippen LogP contribution in [-0.2, 0) is 16.1 Å². The van der Waals surface area contributed by atoms with E-state index in [2.05, 4.69) is 5.32 Å². The van der Waals surface area contributed by atoms with E-state index in [4.69, 9.17) is 18.6 Å². The Labute approximate surface area is 171 Å². The number of benzene rings is 2. The molecule has 0 saturated heterocycles. The SMILES string of the molecule is CC(OC(=O)c1ccc(-c2ccccc2F)o1)C(=O)NCc1ccc2c(c1)OCO2. The average molecular weight is 411 g/mol. The van der Waals surface area contributed by atoms with Gasteiger partial charge in [0, 0.05) is 6.54 Å². The van der Waals surface area contributed by atoms with E-state index in [0.717, 1.165) is 5.56 Å². The summed E-state index contributed by atoms with van der Waals surface area (Å²) in [6.45, 7) is 1.85. The Kier molecular flexibility index (Phi) is 5.38. The number of esters is 1. The normalized spacial score (nSPS) is 13.0. The molecular weight excluding hydrogens is 393 g/mol. The molecule has 1 unspecified atom stereocenters. The van der Waals surface area contributed by atoms with Gasteiger partial charge in [-0.1, -0.05) is 18.2 Å². The second-order valence-electron chi connectivity index (χ2n) is 6.60. The molecule has 1 atom stereocenters. The highest BCUT2D eigenvalue weighted by Crippen LogP contribution is 2.32. The highest BCUT2D eigenvalue weighted by molar-refractivity contribution is 5.90. The minimum atomic E-state index is -1.05. The highest BCUT2D eigenvalue weighted by atomic mass is 19.1. The van der Waals surface area contributed by atoms with Crippen LogP contribution in [-0.4, -0.2) is 24.8 Å². The second kappa shape index (κ2) is 8.28. The number of fused-ring (bicyclic) bond motifs is 1. The van der Waals surface area contributed by atoms with Crippen molar-refractivity contribution in [3.63, 3.8) is 0 Å². The number of carbonyl (C=O) groups is 2. The van der Waals surface area contributed by atoms with Crippen LogP contribution in [0.15, 0.2) is 59.0 Å². The minimum absolute atomic E-state index is 0.122. The van der Waals surface area contributed by atoms with Gasteiger partial charge >= 0.3 is 5.97 Å². The molecule has 1 aromatic heterocycles. The molecule has 1 aliphatic rings. The van der Waals surface area contributed by atoms with E-state index in [0.29, 0.717) is 11.5 Å². The van der Waals surface area contributed by atoms with Crippen molar-refractivity contribution in [3.05, 3.63) is 71.7 Å². The Bertz CT molecular complexity index is 1090. The van der Waals surface area contributed by atoms with Crippen LogP contribution >= 0.6 is 0 Å². The molecular formula is C22H18FNO6. The van der Waals surface area contributed by atoms with Crippen molar-refractivity contribution in [3.8, 4) is 22.8 Å². The number of halogens is 1. The van der Waals surface area contributed by atoms with Gasteiger partial charge in [0.05, 0.1) is 5.56 Å². The van der Waals surface area contributed by atoms with Gasteiger partial charge in [0.15, 0.2) is 17.6 Å². The molecule has 0 bridgehead atoms. The van der Waals surface area contributed by atoms with Gasteiger partial charge in [-0.15, -0.1) is 0 Å². The number of amides is 1. The van der Waals surface area contributed by atoms with Crippen molar-refractivity contribution in [2.45, 2.75) is 19.6 Å². The molecule has 4 rings (SSSR count). The molecule has 0 spiro atoms. The Hall–Kier alpha value is -3.81. The largest absolute Gasteiger partial charge is 0.454 e. The van der Waals surface area contributed by atoms with E-state index < -0.39 is 23.8 Å². The third-order valence-corrected chi connectivity index (χ3v) is 4.50. The highest BCUT2D eigenvalue weighted by Gasteiger charge is 2.22. The van der Waals surface area contributed by atoms with Crippen LogP contribution in [0.1, 0.15) is 23.0 Å². The number of nitrogens with one attached hydrogen (secondary N) is 1.